The zero-order valence-electron chi connectivity index (χ0n) is 6.60. The SMILES string of the molecule is CO/[P+]([O-])=C(\O)c1ccccc1. The Kier molecular flexibility index (Phi) is 3.38. The van der Waals surface area contributed by atoms with Crippen molar-refractivity contribution < 1.29 is 14.5 Å². The summed E-state index contributed by atoms with van der Waals surface area (Å²) in [7, 11) is -0.804. The highest BCUT2D eigenvalue weighted by atomic mass is 31.1. The van der Waals surface area contributed by atoms with Gasteiger partial charge in [-0.3, -0.25) is 0 Å². The third-order valence-electron chi connectivity index (χ3n) is 1.37. The van der Waals surface area contributed by atoms with Gasteiger partial charge in [0.15, 0.2) is 0 Å². The minimum atomic E-state index is -2.09. The van der Waals surface area contributed by atoms with E-state index in [2.05, 4.69) is 4.52 Å². The van der Waals surface area contributed by atoms with Gasteiger partial charge in [-0.15, -0.1) is 0 Å². The Morgan fingerprint density at radius 3 is 2.50 bits per heavy atom. The lowest BCUT2D eigenvalue weighted by Gasteiger charge is -1.97. The molecule has 0 saturated carbocycles. The topological polar surface area (TPSA) is 52.5 Å². The first-order valence-corrected chi connectivity index (χ1v) is 4.56. The van der Waals surface area contributed by atoms with Gasteiger partial charge >= 0.3 is 0 Å². The third kappa shape index (κ3) is 2.13. The molecule has 1 unspecified atom stereocenters. The molecule has 0 bridgehead atoms. The van der Waals surface area contributed by atoms with Gasteiger partial charge in [-0.2, -0.15) is 4.52 Å². The Bertz CT molecular complexity index is 282. The highest BCUT2D eigenvalue weighted by Gasteiger charge is 2.08. The molecule has 1 aromatic rings. The fourth-order valence-corrected chi connectivity index (χ4v) is 1.31. The summed E-state index contributed by atoms with van der Waals surface area (Å²) in [6.45, 7) is 0. The van der Waals surface area contributed by atoms with E-state index >= 15 is 0 Å². The average Bonchev–Trinajstić information content (AvgIpc) is 2.17. The first-order chi connectivity index (χ1) is 5.75. The van der Waals surface area contributed by atoms with Gasteiger partial charge in [-0.1, -0.05) is 18.2 Å². The van der Waals surface area contributed by atoms with Crippen LogP contribution in [0.4, 0.5) is 0 Å². The van der Waals surface area contributed by atoms with Crippen LogP contribution in [0.1, 0.15) is 5.56 Å². The minimum absolute atomic E-state index is 0.215. The van der Waals surface area contributed by atoms with E-state index < -0.39 is 8.00 Å². The van der Waals surface area contributed by atoms with Crippen LogP contribution in [0.5, 0.6) is 0 Å². The quantitative estimate of drug-likeness (QED) is 0.693. The van der Waals surface area contributed by atoms with Gasteiger partial charge in [0.05, 0.1) is 12.7 Å². The number of rotatable bonds is 2. The van der Waals surface area contributed by atoms with Gasteiger partial charge in [0.25, 0.3) is 13.5 Å². The molecule has 64 valence electrons. The van der Waals surface area contributed by atoms with E-state index in [1.807, 2.05) is 6.07 Å². The maximum atomic E-state index is 11.0. The Hall–Kier alpha value is -0.730. The van der Waals surface area contributed by atoms with Crippen molar-refractivity contribution in [1.82, 2.24) is 0 Å². The molecule has 0 amide bonds. The maximum absolute atomic E-state index is 11.0. The van der Waals surface area contributed by atoms with E-state index in [0.29, 0.717) is 5.56 Å². The molecule has 12 heavy (non-hydrogen) atoms. The molecule has 1 rings (SSSR count). The lowest BCUT2D eigenvalue weighted by molar-refractivity contribution is -0.170. The lowest BCUT2D eigenvalue weighted by atomic mass is 10.2. The molecule has 1 aromatic carbocycles. The Labute approximate surface area is 71.8 Å². The van der Waals surface area contributed by atoms with E-state index in [1.165, 1.54) is 7.11 Å². The van der Waals surface area contributed by atoms with Crippen LogP contribution in [0.3, 0.4) is 0 Å². The highest BCUT2D eigenvalue weighted by molar-refractivity contribution is 7.46. The van der Waals surface area contributed by atoms with Crippen molar-refractivity contribution in [2.24, 2.45) is 0 Å². The Balaban J connectivity index is 3.00. The number of hydrogen-bond acceptors (Lipinski definition) is 2. The molecule has 0 radical (unpaired) electrons. The summed E-state index contributed by atoms with van der Waals surface area (Å²) < 4.78 is 4.49. The van der Waals surface area contributed by atoms with E-state index in [1.54, 1.807) is 24.3 Å². The molecule has 3 nitrogen and oxygen atoms in total. The monoisotopic (exact) mass is 184 g/mol. The van der Waals surface area contributed by atoms with E-state index in [-0.39, 0.29) is 5.48 Å². The van der Waals surface area contributed by atoms with Crippen LogP contribution in [0.25, 0.3) is 0 Å². The summed E-state index contributed by atoms with van der Waals surface area (Å²) in [5.74, 6) is 0. The van der Waals surface area contributed by atoms with Crippen molar-refractivity contribution in [2.45, 2.75) is 0 Å². The second kappa shape index (κ2) is 4.33. The first-order valence-electron chi connectivity index (χ1n) is 3.38. The molecule has 0 fully saturated rings. The smallest absolute Gasteiger partial charge is 0.284 e. The normalized spacial score (nSPS) is 12.6. The van der Waals surface area contributed by atoms with Crippen molar-refractivity contribution in [1.29, 1.82) is 0 Å². The van der Waals surface area contributed by atoms with Crippen molar-refractivity contribution in [3.05, 3.63) is 35.9 Å². The van der Waals surface area contributed by atoms with Crippen LogP contribution in [-0.4, -0.2) is 17.7 Å². The predicted octanol–water partition coefficient (Wildman–Crippen LogP) is 0.856. The molecule has 0 aromatic heterocycles. The van der Waals surface area contributed by atoms with Gasteiger partial charge in [0, 0.05) is 0 Å². The summed E-state index contributed by atoms with van der Waals surface area (Å²) in [6, 6.07) is 8.66. The first kappa shape index (κ1) is 9.36. The molecule has 1 N–H and O–H groups in total. The van der Waals surface area contributed by atoms with E-state index in [9.17, 15) is 10.00 Å². The van der Waals surface area contributed by atoms with Crippen LogP contribution < -0.4 is 4.89 Å². The minimum Gasteiger partial charge on any atom is -0.601 e. The molecule has 0 aliphatic heterocycles. The molecule has 4 heteroatoms. The molecule has 0 aliphatic rings. The zero-order chi connectivity index (χ0) is 8.97. The zero-order valence-corrected chi connectivity index (χ0v) is 7.49. The third-order valence-corrected chi connectivity index (χ3v) is 2.31. The Morgan fingerprint density at radius 2 is 2.00 bits per heavy atom. The average molecular weight is 184 g/mol. The van der Waals surface area contributed by atoms with Crippen LogP contribution >= 0.6 is 8.00 Å². The summed E-state index contributed by atoms with van der Waals surface area (Å²) in [4.78, 5) is 11.0. The van der Waals surface area contributed by atoms with Crippen molar-refractivity contribution in [2.75, 3.05) is 7.11 Å². The fourth-order valence-electron chi connectivity index (χ4n) is 0.779. The predicted molar refractivity (Wildman–Crippen MR) is 46.4 cm³/mol. The molecule has 0 saturated heterocycles. The van der Waals surface area contributed by atoms with Gasteiger partial charge in [0.2, 0.25) is 0 Å². The van der Waals surface area contributed by atoms with Crippen LogP contribution in [0.2, 0.25) is 0 Å². The van der Waals surface area contributed by atoms with Gasteiger partial charge in [-0.05, 0) is 12.1 Å². The maximum Gasteiger partial charge on any atom is 0.284 e. The number of hydrogen-bond donors (Lipinski definition) is 1. The summed E-state index contributed by atoms with van der Waals surface area (Å²) in [6.07, 6.45) is 0. The Morgan fingerprint density at radius 1 is 1.42 bits per heavy atom. The molecule has 1 atom stereocenters. The van der Waals surface area contributed by atoms with Crippen LogP contribution in [0, 0.1) is 0 Å². The van der Waals surface area contributed by atoms with Crippen LogP contribution in [0.15, 0.2) is 30.3 Å². The second-order valence-electron chi connectivity index (χ2n) is 2.13. The molecular weight excluding hydrogens is 175 g/mol. The number of aliphatic hydroxyl groups excluding tert-OH is 1. The van der Waals surface area contributed by atoms with Crippen molar-refractivity contribution >= 4 is 13.5 Å². The van der Waals surface area contributed by atoms with Gasteiger partial charge in [-0.25, -0.2) is 0 Å². The van der Waals surface area contributed by atoms with Gasteiger partial charge in [0.1, 0.15) is 0 Å². The van der Waals surface area contributed by atoms with E-state index in [0.717, 1.165) is 0 Å². The van der Waals surface area contributed by atoms with E-state index in [4.69, 9.17) is 0 Å². The summed E-state index contributed by atoms with van der Waals surface area (Å²) >= 11 is 0. The lowest BCUT2D eigenvalue weighted by Crippen LogP contribution is -2.04. The number of benzene rings is 1. The fraction of sp³-hybridized carbons (Fsp3) is 0.125. The molecule has 0 spiro atoms. The van der Waals surface area contributed by atoms with Crippen molar-refractivity contribution in [3.8, 4) is 0 Å². The number of aliphatic hydroxyl groups is 1. The standard InChI is InChI=1S/C8H9O3P/c1-11-12(10)8(9)7-5-3-2-4-6-7/h2-6,9H,1H3. The molecule has 0 heterocycles. The largest absolute Gasteiger partial charge is 0.601 e. The molecular formula is C8H9O3P. The van der Waals surface area contributed by atoms with Crippen molar-refractivity contribution in [3.63, 3.8) is 0 Å². The summed E-state index contributed by atoms with van der Waals surface area (Å²) in [5.41, 5.74) is 0.313. The van der Waals surface area contributed by atoms with Crippen LogP contribution in [-0.2, 0) is 4.52 Å². The second-order valence-corrected chi connectivity index (χ2v) is 3.43. The highest BCUT2D eigenvalue weighted by Crippen LogP contribution is 2.16. The van der Waals surface area contributed by atoms with Gasteiger partial charge < -0.3 is 10.00 Å². The molecule has 0 aliphatic carbocycles. The summed E-state index contributed by atoms with van der Waals surface area (Å²) in [5, 5.41) is 9.30.